The van der Waals surface area contributed by atoms with Crippen LogP contribution < -0.4 is 57.9 Å². The Labute approximate surface area is 843 Å². The number of rotatable bonds is 35. The van der Waals surface area contributed by atoms with E-state index in [1.165, 1.54) is 77.0 Å². The summed E-state index contributed by atoms with van der Waals surface area (Å²) in [5.74, 6) is 11.3. The number of hydrogen-bond donors (Lipinski definition) is 10. The van der Waals surface area contributed by atoms with E-state index in [0.717, 1.165) is 185 Å². The van der Waals surface area contributed by atoms with E-state index in [0.29, 0.717) is 128 Å². The zero-order chi connectivity index (χ0) is 99.4. The summed E-state index contributed by atoms with van der Waals surface area (Å²) in [6, 6.07) is 50.7. The molecule has 768 valence electrons. The Balaban J connectivity index is 0.000000128. The first-order valence-corrected chi connectivity index (χ1v) is 55.8. The molecular formula is C106H147N25O10S2. The number of ether oxygens (including phenoxy) is 2. The van der Waals surface area contributed by atoms with E-state index in [4.69, 9.17) is 9.47 Å². The minimum Gasteiger partial charge on any atom is -0.461 e. The Morgan fingerprint density at radius 1 is 0.343 bits per heavy atom. The fourth-order valence-electron chi connectivity index (χ4n) is 19.7. The summed E-state index contributed by atoms with van der Waals surface area (Å²) in [7, 11) is -5.06. The van der Waals surface area contributed by atoms with Crippen LogP contribution in [0.1, 0.15) is 291 Å². The van der Waals surface area contributed by atoms with E-state index in [9.17, 15) is 36.6 Å². The summed E-state index contributed by atoms with van der Waals surface area (Å²) in [6.07, 6.45) is 33.9. The second kappa shape index (κ2) is 51.5. The fourth-order valence-corrected chi connectivity index (χ4v) is 21.9. The molecule has 10 N–H and O–H groups in total. The SMILES string of the molecule is CC1CCCCC1NC(=O)NCCCc1nnc(C2CC2)n1-c1ccccc1.CC1CCCCC1NC(=O)NCCOc1nnc(C2CC2)n1-c1ccccc1.CC1CCCCC1NC(=O)NCCS(=O)(=O)c1nnc(C2CC2)n1-c1ccccc1.CC1CCCCC1NC(=O)NCCS(=O)c1nnc(C2CC2)n1-c1ccccc1.CC1COCCC1NC(=O)NCCCc1nnc(C2CC2)n1-c1ccccc1. The summed E-state index contributed by atoms with van der Waals surface area (Å²) in [5.41, 5.74) is 4.91. The molecule has 11 atom stereocenters. The number of carbonyl (C=O) groups excluding carboxylic acids is 5. The number of para-hydroxylation sites is 5. The van der Waals surface area contributed by atoms with Gasteiger partial charge in [0, 0.05) is 134 Å². The van der Waals surface area contributed by atoms with Crippen molar-refractivity contribution in [2.75, 3.05) is 64.1 Å². The van der Waals surface area contributed by atoms with Crippen LogP contribution in [0.5, 0.6) is 6.01 Å². The Bertz CT molecular complexity index is 5530. The van der Waals surface area contributed by atoms with E-state index in [1.807, 2.05) is 137 Å². The molecule has 1 saturated heterocycles. The van der Waals surface area contributed by atoms with Crippen LogP contribution in [-0.2, 0) is 38.2 Å². The van der Waals surface area contributed by atoms with E-state index in [1.54, 1.807) is 4.57 Å². The molecule has 9 saturated carbocycles. The first-order chi connectivity index (χ1) is 69.7. The molecule has 11 unspecified atom stereocenters. The molecule has 10 fully saturated rings. The van der Waals surface area contributed by atoms with Gasteiger partial charge < -0.3 is 62.6 Å². The molecule has 10 amide bonds. The van der Waals surface area contributed by atoms with Gasteiger partial charge in [-0.2, -0.15) is 0 Å². The quantitative estimate of drug-likeness (QED) is 0.0165. The predicted molar refractivity (Wildman–Crippen MR) is 549 cm³/mol. The highest BCUT2D eigenvalue weighted by molar-refractivity contribution is 7.91. The van der Waals surface area contributed by atoms with Crippen LogP contribution >= 0.6 is 0 Å². The maximum absolute atomic E-state index is 13.0. The molecule has 0 spiro atoms. The number of aryl methyl sites for hydroxylation is 2. The lowest BCUT2D eigenvalue weighted by molar-refractivity contribution is 0.0419. The average Bonchev–Trinajstić information content (AvgIpc) is 1.58. The van der Waals surface area contributed by atoms with Crippen molar-refractivity contribution in [2.45, 2.75) is 304 Å². The third-order valence-corrected chi connectivity index (χ3v) is 31.8. The number of hydrogen-bond acceptors (Lipinski definition) is 20. The van der Waals surface area contributed by atoms with Gasteiger partial charge in [-0.3, -0.25) is 22.5 Å². The van der Waals surface area contributed by atoms with E-state index >= 15 is 0 Å². The summed E-state index contributed by atoms with van der Waals surface area (Å²) >= 11 is 0. The topological polar surface area (TPSA) is 429 Å². The molecule has 1 aliphatic heterocycles. The van der Waals surface area contributed by atoms with Crippen LogP contribution in [0.15, 0.2) is 162 Å². The summed E-state index contributed by atoms with van der Waals surface area (Å²) < 4.78 is 60.2. The van der Waals surface area contributed by atoms with Gasteiger partial charge in [0.05, 0.1) is 35.4 Å². The number of sulfone groups is 1. The smallest absolute Gasteiger partial charge is 0.321 e. The minimum absolute atomic E-state index is 0.0235. The van der Waals surface area contributed by atoms with Crippen LogP contribution in [0.25, 0.3) is 28.4 Å². The van der Waals surface area contributed by atoms with Gasteiger partial charge in [-0.05, 0) is 225 Å². The maximum Gasteiger partial charge on any atom is 0.321 e. The summed E-state index contributed by atoms with van der Waals surface area (Å²) in [6.45, 7) is 14.7. The molecule has 0 bridgehead atoms. The van der Waals surface area contributed by atoms with Crippen molar-refractivity contribution in [3.05, 3.63) is 192 Å². The largest absolute Gasteiger partial charge is 0.461 e. The molecule has 20 rings (SSSR count). The van der Waals surface area contributed by atoms with Gasteiger partial charge in [0.1, 0.15) is 47.4 Å². The molecule has 10 aliphatic rings. The van der Waals surface area contributed by atoms with E-state index in [-0.39, 0.29) is 77.7 Å². The Morgan fingerprint density at radius 3 is 1.05 bits per heavy atom. The van der Waals surface area contributed by atoms with Crippen molar-refractivity contribution >= 4 is 50.8 Å². The lowest BCUT2D eigenvalue weighted by Gasteiger charge is -2.29. The fraction of sp³-hybridized carbons (Fsp3) is 0.575. The Morgan fingerprint density at radius 2 is 0.657 bits per heavy atom. The van der Waals surface area contributed by atoms with Crippen LogP contribution in [0.2, 0.25) is 0 Å². The van der Waals surface area contributed by atoms with Gasteiger partial charge in [-0.15, -0.1) is 45.9 Å². The molecule has 6 heterocycles. The molecule has 37 heteroatoms. The van der Waals surface area contributed by atoms with Gasteiger partial charge in [0.2, 0.25) is 15.0 Å². The van der Waals surface area contributed by atoms with Crippen molar-refractivity contribution in [1.82, 2.24) is 127 Å². The highest BCUT2D eigenvalue weighted by Gasteiger charge is 2.39. The summed E-state index contributed by atoms with van der Waals surface area (Å²) in [5, 5.41) is 73.4. The molecule has 5 aromatic carbocycles. The Kier molecular flexibility index (Phi) is 37.4. The van der Waals surface area contributed by atoms with Crippen LogP contribution in [-0.4, -0.2) is 211 Å². The van der Waals surface area contributed by atoms with Crippen molar-refractivity contribution in [3.63, 3.8) is 0 Å². The molecule has 35 nitrogen and oxygen atoms in total. The third-order valence-electron chi connectivity index (χ3n) is 29.0. The van der Waals surface area contributed by atoms with Crippen molar-refractivity contribution < 1.29 is 46.1 Å². The van der Waals surface area contributed by atoms with E-state index in [2.05, 4.69) is 172 Å². The Hall–Kier alpha value is -12.0. The van der Waals surface area contributed by atoms with E-state index < -0.39 is 20.6 Å². The average molecular weight is 2000 g/mol. The second-order valence-electron chi connectivity index (χ2n) is 40.5. The number of benzene rings is 5. The van der Waals surface area contributed by atoms with Gasteiger partial charge in [0.15, 0.2) is 0 Å². The highest BCUT2D eigenvalue weighted by atomic mass is 32.2. The van der Waals surface area contributed by atoms with Gasteiger partial charge in [-0.1, -0.05) is 182 Å². The normalized spacial score (nSPS) is 22.1. The first-order valence-electron chi connectivity index (χ1n) is 52.8. The molecule has 0 radical (unpaired) electrons. The molecule has 10 aromatic rings. The van der Waals surface area contributed by atoms with Crippen LogP contribution in [0.3, 0.4) is 0 Å². The number of nitrogens with zero attached hydrogens (tertiary/aromatic N) is 15. The standard InChI is InChI=1S/C22H31N5O.C21H29N5O3S.C21H29N5O2S.2C21H29N5O2/c1-16-8-5-6-11-19(16)24-22(28)23-15-7-12-20-25-26-21(17-13-14-17)27(20)18-9-3-2-4-10-18;1-15-7-5-6-10-18(15)23-20(27)22-13-14-30(28,29)21-25-24-19(16-11-12-16)26(21)17-8-3-2-4-9-17;1-15-7-5-6-10-18(15)23-20(27)22-13-14-29(28)21-25-24-19(16-11-12-16)26(21)17-8-3-2-4-9-17;1-15-7-5-6-10-18(15)23-20(27)22-13-14-28-21-25-24-19(16-11-12-16)26(21)17-8-3-2-4-9-17;1-15-14-28-13-11-18(15)23-21(27)22-12-5-8-19-24-25-20(16-9-10-16)26(19)17-6-3-2-4-7-17/h2-4,9-10,16-17,19H,5-8,11-15H2,1H3,(H2,23,24,28);2-4,8-9,15-16,18H,5-7,10-14H2,1H3,(H2,22,23,27);2-4,8-9,15-16,18H,5-7,10-14H2,1H3,(H2,22,23,27);2-4,8-9,15-16,18H,5-7,10-14H2,1H3,(H2,22,23,27);2-4,6-7,15-16,18H,5,8-14H2,1H3,(H2,22,23,27). The highest BCUT2D eigenvalue weighted by Crippen LogP contribution is 2.45. The lowest BCUT2D eigenvalue weighted by atomic mass is 9.86. The zero-order valence-electron chi connectivity index (χ0n) is 83.7. The van der Waals surface area contributed by atoms with Crippen molar-refractivity contribution in [2.24, 2.45) is 29.6 Å². The van der Waals surface area contributed by atoms with Crippen LogP contribution in [0, 0.1) is 29.6 Å². The minimum atomic E-state index is -3.72. The number of urea groups is 5. The first kappa shape index (κ1) is 104. The van der Waals surface area contributed by atoms with Gasteiger partial charge in [0.25, 0.3) is 5.16 Å². The monoisotopic (exact) mass is 1990 g/mol. The molecule has 5 aromatic heterocycles. The zero-order valence-corrected chi connectivity index (χ0v) is 85.3. The molecular weight excluding hydrogens is 1850 g/mol. The van der Waals surface area contributed by atoms with Gasteiger partial charge in [-0.25, -0.2) is 37.0 Å². The number of aromatic nitrogens is 15. The molecule has 9 aliphatic carbocycles. The van der Waals surface area contributed by atoms with Crippen LogP contribution in [0.4, 0.5) is 24.0 Å². The van der Waals surface area contributed by atoms with Crippen molar-refractivity contribution in [3.8, 4) is 34.4 Å². The van der Waals surface area contributed by atoms with Gasteiger partial charge >= 0.3 is 36.2 Å². The molecule has 143 heavy (non-hydrogen) atoms. The second-order valence-corrected chi connectivity index (χ2v) is 44.0. The number of nitrogens with one attached hydrogen (secondary N) is 10. The van der Waals surface area contributed by atoms with Crippen molar-refractivity contribution in [1.29, 1.82) is 0 Å². The number of carbonyl (C=O) groups is 5. The summed E-state index contributed by atoms with van der Waals surface area (Å²) in [4.78, 5) is 60.9. The maximum atomic E-state index is 13.0. The third kappa shape index (κ3) is 29.9. The predicted octanol–water partition coefficient (Wildman–Crippen LogP) is 16.1. The number of amides is 10. The lowest BCUT2D eigenvalue weighted by Crippen LogP contribution is -2.48.